The first-order valence-electron chi connectivity index (χ1n) is 13.6. The second kappa shape index (κ2) is 13.5. The Hall–Kier alpha value is -5.41. The number of carbonyl (C=O) groups is 1. The Morgan fingerprint density at radius 1 is 0.744 bits per heavy atom. The average molecular weight is 591 g/mol. The number of hydrogen-bond donors (Lipinski definition) is 2. The maximum atomic E-state index is 12.7. The van der Waals surface area contributed by atoms with Crippen molar-refractivity contribution in [2.24, 2.45) is 5.10 Å². The number of hydrogen-bond acceptors (Lipinski definition) is 6. The summed E-state index contributed by atoms with van der Waals surface area (Å²) in [6.07, 6.45) is 1.57. The molecule has 5 rings (SSSR count). The number of benzene rings is 5. The minimum atomic E-state index is -3.80. The molecule has 0 radical (unpaired) electrons. The van der Waals surface area contributed by atoms with Crippen LogP contribution in [0.2, 0.25) is 0 Å². The van der Waals surface area contributed by atoms with E-state index in [1.165, 1.54) is 36.4 Å². The molecule has 1 amide bonds. The monoisotopic (exact) mass is 590 g/mol. The van der Waals surface area contributed by atoms with Crippen molar-refractivity contribution < 1.29 is 17.9 Å². The third-order valence-electron chi connectivity index (χ3n) is 6.40. The maximum absolute atomic E-state index is 12.7. The van der Waals surface area contributed by atoms with Crippen molar-refractivity contribution in [3.63, 3.8) is 0 Å². The third kappa shape index (κ3) is 7.46. The van der Waals surface area contributed by atoms with Gasteiger partial charge in [-0.25, -0.2) is 13.8 Å². The molecule has 0 aromatic heterocycles. The van der Waals surface area contributed by atoms with Gasteiger partial charge in [-0.2, -0.15) is 5.10 Å². The van der Waals surface area contributed by atoms with Gasteiger partial charge in [0.2, 0.25) is 0 Å². The number of sulfonamides is 1. The Balaban J connectivity index is 1.20. The van der Waals surface area contributed by atoms with Gasteiger partial charge in [0, 0.05) is 28.3 Å². The third-order valence-corrected chi connectivity index (χ3v) is 7.80. The molecule has 0 atom stereocenters. The Morgan fingerprint density at radius 2 is 1.30 bits per heavy atom. The van der Waals surface area contributed by atoms with Crippen molar-refractivity contribution in [3.05, 3.63) is 145 Å². The fourth-order valence-corrected chi connectivity index (χ4v) is 5.38. The van der Waals surface area contributed by atoms with Gasteiger partial charge in [-0.15, -0.1) is 0 Å². The van der Waals surface area contributed by atoms with Crippen LogP contribution in [-0.2, 0) is 10.0 Å². The van der Waals surface area contributed by atoms with Crippen molar-refractivity contribution in [2.45, 2.75) is 11.8 Å². The molecule has 0 spiro atoms. The molecule has 8 nitrogen and oxygen atoms in total. The van der Waals surface area contributed by atoms with Crippen LogP contribution >= 0.6 is 0 Å². The van der Waals surface area contributed by atoms with Crippen LogP contribution in [0.15, 0.2) is 143 Å². The van der Waals surface area contributed by atoms with Crippen molar-refractivity contribution in [1.29, 1.82) is 0 Å². The summed E-state index contributed by atoms with van der Waals surface area (Å²) in [4.78, 5) is 14.9. The van der Waals surface area contributed by atoms with E-state index in [1.807, 2.05) is 67.6 Å². The first-order valence-corrected chi connectivity index (χ1v) is 15.1. The predicted molar refractivity (Wildman–Crippen MR) is 171 cm³/mol. The summed E-state index contributed by atoms with van der Waals surface area (Å²) in [5, 5.41) is 4.09. The number of carbonyl (C=O) groups excluding carboxylic acids is 1. The molecule has 0 aliphatic heterocycles. The first-order chi connectivity index (χ1) is 20.9. The molecule has 216 valence electrons. The lowest BCUT2D eigenvalue weighted by atomic mass is 10.1. The average Bonchev–Trinajstić information content (AvgIpc) is 3.03. The minimum Gasteiger partial charge on any atom is -0.494 e. The highest BCUT2D eigenvalue weighted by Gasteiger charge is 2.15. The second-order valence-corrected chi connectivity index (χ2v) is 11.1. The van der Waals surface area contributed by atoms with E-state index in [1.54, 1.807) is 18.3 Å². The Kier molecular flexibility index (Phi) is 9.14. The number of nitrogens with one attached hydrogen (secondary N) is 2. The van der Waals surface area contributed by atoms with Gasteiger partial charge in [-0.1, -0.05) is 48.5 Å². The number of para-hydroxylation sites is 2. The van der Waals surface area contributed by atoms with Gasteiger partial charge in [0.1, 0.15) is 5.75 Å². The molecule has 5 aromatic carbocycles. The molecule has 0 aliphatic rings. The quantitative estimate of drug-likeness (QED) is 0.126. The summed E-state index contributed by atoms with van der Waals surface area (Å²) >= 11 is 0. The zero-order chi connectivity index (χ0) is 30.1. The first kappa shape index (κ1) is 29.1. The Labute approximate surface area is 251 Å². The Bertz CT molecular complexity index is 1740. The smallest absolute Gasteiger partial charge is 0.271 e. The molecule has 0 bridgehead atoms. The van der Waals surface area contributed by atoms with E-state index in [0.29, 0.717) is 23.6 Å². The number of nitrogens with zero attached hydrogens (tertiary/aromatic N) is 2. The SMILES string of the molecule is CCOc1ccc(S(=O)(=O)Nc2ccc(C(=O)N/N=C\c3ccc(N(c4ccccc4)c4ccccc4)cc3)cc2)cc1. The largest absolute Gasteiger partial charge is 0.494 e. The lowest BCUT2D eigenvalue weighted by Crippen LogP contribution is -2.18. The summed E-state index contributed by atoms with van der Waals surface area (Å²) in [5.74, 6) is 0.169. The summed E-state index contributed by atoms with van der Waals surface area (Å²) < 4.78 is 33.3. The van der Waals surface area contributed by atoms with E-state index < -0.39 is 15.9 Å². The van der Waals surface area contributed by atoms with Gasteiger partial charge < -0.3 is 9.64 Å². The van der Waals surface area contributed by atoms with Crippen LogP contribution in [0.3, 0.4) is 0 Å². The van der Waals surface area contributed by atoms with Crippen molar-refractivity contribution in [1.82, 2.24) is 5.43 Å². The summed E-state index contributed by atoms with van der Waals surface area (Å²) in [6, 6.07) is 40.3. The summed E-state index contributed by atoms with van der Waals surface area (Å²) in [6.45, 7) is 2.35. The van der Waals surface area contributed by atoms with Crippen molar-refractivity contribution in [3.8, 4) is 5.75 Å². The van der Waals surface area contributed by atoms with E-state index in [2.05, 4.69) is 44.4 Å². The van der Waals surface area contributed by atoms with Gasteiger partial charge in [0.15, 0.2) is 0 Å². The molecular weight excluding hydrogens is 560 g/mol. The van der Waals surface area contributed by atoms with Gasteiger partial charge in [-0.3, -0.25) is 9.52 Å². The van der Waals surface area contributed by atoms with Gasteiger partial charge in [0.05, 0.1) is 17.7 Å². The van der Waals surface area contributed by atoms with Crippen LogP contribution in [0.1, 0.15) is 22.8 Å². The molecule has 0 heterocycles. The molecule has 9 heteroatoms. The number of hydrazone groups is 1. The number of ether oxygens (including phenoxy) is 1. The fraction of sp³-hybridized carbons (Fsp3) is 0.0588. The number of anilines is 4. The van der Waals surface area contributed by atoms with E-state index in [9.17, 15) is 13.2 Å². The molecule has 2 N–H and O–H groups in total. The second-order valence-electron chi connectivity index (χ2n) is 9.38. The number of rotatable bonds is 11. The van der Waals surface area contributed by atoms with E-state index in [0.717, 1.165) is 22.6 Å². The summed E-state index contributed by atoms with van der Waals surface area (Å²) in [7, 11) is -3.80. The molecule has 0 saturated carbocycles. The molecule has 0 aliphatic carbocycles. The molecular formula is C34H30N4O4S. The van der Waals surface area contributed by atoms with Crippen LogP contribution in [0.4, 0.5) is 22.7 Å². The zero-order valence-electron chi connectivity index (χ0n) is 23.4. The zero-order valence-corrected chi connectivity index (χ0v) is 24.2. The van der Waals surface area contributed by atoms with Gasteiger partial charge in [-0.05, 0) is 97.4 Å². The van der Waals surface area contributed by atoms with Gasteiger partial charge >= 0.3 is 0 Å². The summed E-state index contributed by atoms with van der Waals surface area (Å²) in [5.41, 5.74) is 7.05. The van der Waals surface area contributed by atoms with Crippen molar-refractivity contribution in [2.75, 3.05) is 16.2 Å². The minimum absolute atomic E-state index is 0.105. The standard InChI is InChI=1S/C34H30N4O4S/c1-2-42-32-21-23-33(24-22-32)43(40,41)37-28-17-15-27(16-18-28)34(39)36-35-25-26-13-19-31(20-14-26)38(29-9-5-3-6-10-29)30-11-7-4-8-12-30/h3-25,37H,2H2,1H3,(H,36,39)/b35-25-. The van der Waals surface area contributed by atoms with E-state index in [4.69, 9.17) is 4.74 Å². The van der Waals surface area contributed by atoms with Gasteiger partial charge in [0.25, 0.3) is 15.9 Å². The fourth-order valence-electron chi connectivity index (χ4n) is 4.33. The highest BCUT2D eigenvalue weighted by atomic mass is 32.2. The number of amides is 1. The van der Waals surface area contributed by atoms with E-state index in [-0.39, 0.29) is 4.90 Å². The molecule has 0 unspecified atom stereocenters. The lowest BCUT2D eigenvalue weighted by Gasteiger charge is -2.25. The molecule has 5 aromatic rings. The topological polar surface area (TPSA) is 100 Å². The van der Waals surface area contributed by atoms with Crippen molar-refractivity contribution >= 4 is 44.9 Å². The highest BCUT2D eigenvalue weighted by molar-refractivity contribution is 7.92. The van der Waals surface area contributed by atoms with Crippen LogP contribution in [0.5, 0.6) is 5.75 Å². The molecule has 43 heavy (non-hydrogen) atoms. The van der Waals surface area contributed by atoms with E-state index >= 15 is 0 Å². The van der Waals surface area contributed by atoms with Crippen LogP contribution in [0, 0.1) is 0 Å². The normalized spacial score (nSPS) is 11.2. The highest BCUT2D eigenvalue weighted by Crippen LogP contribution is 2.33. The lowest BCUT2D eigenvalue weighted by molar-refractivity contribution is 0.0955. The molecule has 0 saturated heterocycles. The molecule has 0 fully saturated rings. The predicted octanol–water partition coefficient (Wildman–Crippen LogP) is 7.12. The Morgan fingerprint density at radius 3 is 1.86 bits per heavy atom. The van der Waals surface area contributed by atoms with Crippen LogP contribution < -0.4 is 19.8 Å². The van der Waals surface area contributed by atoms with Crippen LogP contribution in [0.25, 0.3) is 0 Å². The van der Waals surface area contributed by atoms with Crippen LogP contribution in [-0.4, -0.2) is 27.1 Å². The maximum Gasteiger partial charge on any atom is 0.271 e.